The van der Waals surface area contributed by atoms with E-state index in [1.807, 2.05) is 0 Å². The van der Waals surface area contributed by atoms with Gasteiger partial charge in [-0.1, -0.05) is 334 Å². The van der Waals surface area contributed by atoms with E-state index in [1.165, 1.54) is 96.3 Å². The van der Waals surface area contributed by atoms with Crippen LogP contribution >= 0.6 is 15.6 Å². The molecule has 0 spiro atoms. The third-order valence-corrected chi connectivity index (χ3v) is 19.0. The molecule has 0 rings (SSSR count). The predicted molar refractivity (Wildman–Crippen MR) is 436 cm³/mol. The SMILES string of the molecule is CC/C=C\C/C=C\C/C=C\C/C=C\C/C=C\C/C=C\CCCCCCCCCCC(=O)OCC(O)COP(=O)(O)OCC(O)COP(=O)(O)OCC(COC(=O)CCCCCCCCCC/C=C\C/C=C\C/C=C\C/C=C\C/C=C\C/C=C\CC)OC(=O)CCCCCCCCCCCCCCCCC. The van der Waals surface area contributed by atoms with Crippen LogP contribution in [0.3, 0.4) is 0 Å². The Labute approximate surface area is 638 Å². The van der Waals surface area contributed by atoms with Gasteiger partial charge < -0.3 is 34.2 Å². The molecule has 0 aromatic rings. The van der Waals surface area contributed by atoms with Crippen LogP contribution in [-0.2, 0) is 55.8 Å². The number of hydrogen-bond acceptors (Lipinski definition) is 14. The average molecular weight is 1510 g/mol. The van der Waals surface area contributed by atoms with Gasteiger partial charge in [-0.25, -0.2) is 9.13 Å². The molecule has 0 aliphatic rings. The number of aliphatic hydroxyl groups excluding tert-OH is 2. The molecule has 4 N–H and O–H groups in total. The van der Waals surface area contributed by atoms with E-state index in [1.54, 1.807) is 0 Å². The summed E-state index contributed by atoms with van der Waals surface area (Å²) in [5, 5.41) is 20.7. The van der Waals surface area contributed by atoms with Gasteiger partial charge in [0.2, 0.25) is 0 Å². The molecule has 602 valence electrons. The van der Waals surface area contributed by atoms with Crippen LogP contribution in [0.5, 0.6) is 0 Å². The zero-order chi connectivity index (χ0) is 76.6. The zero-order valence-corrected chi connectivity index (χ0v) is 67.6. The number of unbranched alkanes of at least 4 members (excludes halogenated alkanes) is 30. The van der Waals surface area contributed by atoms with Crippen LogP contribution in [0.25, 0.3) is 0 Å². The standard InChI is InChI=1S/C87H148O16P2/c1-4-7-10-13-16-19-22-25-28-30-32-34-36-38-40-42-44-46-48-50-53-55-58-61-64-67-70-73-85(90)97-76-82(88)77-99-104(93,94)100-78-83(89)79-101-105(95,96)102-81-84(103-87(92)75-72-69-66-63-60-57-52-27-24-21-18-15-12-9-6-3)80-98-86(91)74-71-68-65-62-59-56-54-51-49-47-45-43-41-39-37-35-33-31-29-26-23-20-17-14-11-8-5-2/h7-8,10-11,16-17,19-20,25-26,28-29,32-35,38-41,44-47,82-84,88-89H,4-6,9,12-15,18,21-24,27,30-31,36-37,42-43,48-81H2,1-3H3,(H,93,94)(H,95,96)/b10-7-,11-8-,19-16-,20-17-,28-25-,29-26-,34-32-,35-33-,40-38-,41-39-,46-44-,47-45-. The van der Waals surface area contributed by atoms with Crippen molar-refractivity contribution in [1.82, 2.24) is 0 Å². The number of allylic oxidation sites excluding steroid dienone is 24. The van der Waals surface area contributed by atoms with E-state index in [4.69, 9.17) is 32.3 Å². The first-order valence-electron chi connectivity index (χ1n) is 41.1. The number of phosphoric acid groups is 2. The minimum atomic E-state index is -4.94. The smallest absolute Gasteiger partial charge is 0.463 e. The molecular weight excluding hydrogens is 1360 g/mol. The van der Waals surface area contributed by atoms with Gasteiger partial charge in [0.15, 0.2) is 6.10 Å². The number of hydrogen-bond donors (Lipinski definition) is 4. The molecule has 0 heterocycles. The molecule has 0 fully saturated rings. The van der Waals surface area contributed by atoms with E-state index in [2.05, 4.69) is 167 Å². The summed E-state index contributed by atoms with van der Waals surface area (Å²) >= 11 is 0. The van der Waals surface area contributed by atoms with E-state index in [-0.39, 0.29) is 19.3 Å². The van der Waals surface area contributed by atoms with Crippen molar-refractivity contribution in [3.63, 3.8) is 0 Å². The molecule has 16 nitrogen and oxygen atoms in total. The van der Waals surface area contributed by atoms with Crippen molar-refractivity contribution < 1.29 is 75.8 Å². The molecule has 0 aliphatic carbocycles. The van der Waals surface area contributed by atoms with Gasteiger partial charge in [0.1, 0.15) is 25.4 Å². The molecule has 0 aliphatic heterocycles. The van der Waals surface area contributed by atoms with Gasteiger partial charge in [0, 0.05) is 19.3 Å². The van der Waals surface area contributed by atoms with E-state index >= 15 is 0 Å². The summed E-state index contributed by atoms with van der Waals surface area (Å²) in [6, 6.07) is 0. The van der Waals surface area contributed by atoms with Gasteiger partial charge in [-0.05, 0) is 122 Å². The number of carbonyl (C=O) groups is 3. The quantitative estimate of drug-likeness (QED) is 0.0146. The number of carbonyl (C=O) groups excluding carboxylic acids is 3. The summed E-state index contributed by atoms with van der Waals surface area (Å²) in [4.78, 5) is 58.7. The van der Waals surface area contributed by atoms with E-state index in [0.29, 0.717) is 19.3 Å². The lowest BCUT2D eigenvalue weighted by Crippen LogP contribution is -2.30. The molecule has 105 heavy (non-hydrogen) atoms. The predicted octanol–water partition coefficient (Wildman–Crippen LogP) is 24.4. The molecule has 0 amide bonds. The Morgan fingerprint density at radius 3 is 0.800 bits per heavy atom. The van der Waals surface area contributed by atoms with Gasteiger partial charge in [-0.15, -0.1) is 0 Å². The maximum atomic E-state index is 13.0. The Kier molecular flexibility index (Phi) is 75.6. The summed E-state index contributed by atoms with van der Waals surface area (Å²) < 4.78 is 61.2. The second-order valence-corrected chi connectivity index (χ2v) is 30.1. The fraction of sp³-hybridized carbons (Fsp3) is 0.690. The third-order valence-electron chi connectivity index (χ3n) is 17.1. The Morgan fingerprint density at radius 2 is 0.505 bits per heavy atom. The Bertz CT molecular complexity index is 2490. The number of esters is 3. The van der Waals surface area contributed by atoms with Gasteiger partial charge >= 0.3 is 33.6 Å². The van der Waals surface area contributed by atoms with Gasteiger partial charge in [0.25, 0.3) is 0 Å². The molecule has 0 saturated carbocycles. The van der Waals surface area contributed by atoms with Gasteiger partial charge in [0.05, 0.1) is 26.4 Å². The molecule has 5 atom stereocenters. The van der Waals surface area contributed by atoms with Crippen LogP contribution in [0.15, 0.2) is 146 Å². The molecule has 0 aromatic carbocycles. The molecule has 5 unspecified atom stereocenters. The molecule has 0 radical (unpaired) electrons. The summed E-state index contributed by atoms with van der Waals surface area (Å²) in [6.45, 7) is 2.46. The molecule has 0 bridgehead atoms. The Hall–Kier alpha value is -4.57. The first-order chi connectivity index (χ1) is 51.2. The molecule has 0 aromatic heterocycles. The fourth-order valence-electron chi connectivity index (χ4n) is 10.9. The highest BCUT2D eigenvalue weighted by atomic mass is 31.2. The number of phosphoric ester groups is 2. The molecule has 18 heteroatoms. The summed E-state index contributed by atoms with van der Waals surface area (Å²) in [5.41, 5.74) is 0. The lowest BCUT2D eigenvalue weighted by atomic mass is 10.0. The van der Waals surface area contributed by atoms with Crippen LogP contribution in [-0.4, -0.2) is 95.9 Å². The monoisotopic (exact) mass is 1510 g/mol. The highest BCUT2D eigenvalue weighted by Crippen LogP contribution is 2.45. The number of aliphatic hydroxyl groups is 2. The highest BCUT2D eigenvalue weighted by Gasteiger charge is 2.29. The van der Waals surface area contributed by atoms with E-state index in [0.717, 1.165) is 173 Å². The molecule has 0 saturated heterocycles. The van der Waals surface area contributed by atoms with E-state index < -0.39 is 91.5 Å². The first-order valence-corrected chi connectivity index (χ1v) is 44.1. The lowest BCUT2D eigenvalue weighted by molar-refractivity contribution is -0.161. The highest BCUT2D eigenvalue weighted by molar-refractivity contribution is 7.47. The Morgan fingerprint density at radius 1 is 0.276 bits per heavy atom. The van der Waals surface area contributed by atoms with Crippen molar-refractivity contribution in [1.29, 1.82) is 0 Å². The van der Waals surface area contributed by atoms with Crippen molar-refractivity contribution in [2.24, 2.45) is 0 Å². The number of ether oxygens (including phenoxy) is 3. The Balaban J connectivity index is 4.59. The number of rotatable bonds is 77. The summed E-state index contributed by atoms with van der Waals surface area (Å²) in [5.74, 6) is -1.58. The second-order valence-electron chi connectivity index (χ2n) is 27.2. The van der Waals surface area contributed by atoms with Gasteiger partial charge in [-0.2, -0.15) is 0 Å². The van der Waals surface area contributed by atoms with Crippen LogP contribution in [0.4, 0.5) is 0 Å². The maximum Gasteiger partial charge on any atom is 0.472 e. The van der Waals surface area contributed by atoms with E-state index in [9.17, 15) is 43.5 Å². The van der Waals surface area contributed by atoms with Crippen molar-refractivity contribution in [3.8, 4) is 0 Å². The van der Waals surface area contributed by atoms with Crippen LogP contribution in [0.2, 0.25) is 0 Å². The minimum absolute atomic E-state index is 0.103. The largest absolute Gasteiger partial charge is 0.472 e. The van der Waals surface area contributed by atoms with Crippen LogP contribution in [0.1, 0.15) is 329 Å². The lowest BCUT2D eigenvalue weighted by Gasteiger charge is -2.21. The second kappa shape index (κ2) is 79.0. The third kappa shape index (κ3) is 80.3. The first kappa shape index (κ1) is 100. The summed E-state index contributed by atoms with van der Waals surface area (Å²) in [6.07, 6.45) is 97.4. The van der Waals surface area contributed by atoms with Crippen LogP contribution in [0, 0.1) is 0 Å². The van der Waals surface area contributed by atoms with Crippen molar-refractivity contribution in [2.75, 3.05) is 39.6 Å². The fourth-order valence-corrected chi connectivity index (χ4v) is 12.5. The van der Waals surface area contributed by atoms with Crippen LogP contribution < -0.4 is 0 Å². The molecular formula is C87H148O16P2. The van der Waals surface area contributed by atoms with Crippen molar-refractivity contribution in [3.05, 3.63) is 146 Å². The minimum Gasteiger partial charge on any atom is -0.463 e. The average Bonchev–Trinajstić information content (AvgIpc) is 0.942. The summed E-state index contributed by atoms with van der Waals surface area (Å²) in [7, 11) is -9.80. The topological polar surface area (TPSA) is 231 Å². The van der Waals surface area contributed by atoms with Crippen molar-refractivity contribution >= 4 is 33.6 Å². The normalized spacial score (nSPS) is 14.7. The van der Waals surface area contributed by atoms with Crippen molar-refractivity contribution in [2.45, 2.75) is 347 Å². The maximum absolute atomic E-state index is 13.0. The zero-order valence-electron chi connectivity index (χ0n) is 65.9. The van der Waals surface area contributed by atoms with Gasteiger partial charge in [-0.3, -0.25) is 32.5 Å².